The Morgan fingerprint density at radius 3 is 2.58 bits per heavy atom. The molecule has 138 valence electrons. The molecule has 0 spiro atoms. The Kier molecular flexibility index (Phi) is 5.06. The number of nitrogens with zero attached hydrogens (tertiary/aromatic N) is 1. The molecule has 1 aliphatic heterocycles. The molecule has 2 aromatic carbocycles. The molecule has 1 saturated heterocycles. The van der Waals surface area contributed by atoms with E-state index in [-0.39, 0.29) is 17.8 Å². The number of nitrogens with one attached hydrogen (secondary N) is 1. The number of hydrogen-bond acceptors (Lipinski definition) is 3. The highest BCUT2D eigenvalue weighted by Crippen LogP contribution is 2.24. The Morgan fingerprint density at radius 2 is 1.88 bits per heavy atom. The highest BCUT2D eigenvalue weighted by Gasteiger charge is 2.35. The number of benzene rings is 2. The smallest absolute Gasteiger partial charge is 0.245 e. The fourth-order valence-electron chi connectivity index (χ4n) is 2.92. The van der Waals surface area contributed by atoms with Crippen LogP contribution >= 0.6 is 0 Å². The minimum atomic E-state index is -3.89. The summed E-state index contributed by atoms with van der Waals surface area (Å²) >= 11 is 0. The van der Waals surface area contributed by atoms with Crippen LogP contribution in [0.4, 0.5) is 14.5 Å². The third-order valence-electron chi connectivity index (χ3n) is 4.28. The minimum Gasteiger partial charge on any atom is -0.311 e. The van der Waals surface area contributed by atoms with Crippen molar-refractivity contribution in [3.05, 3.63) is 65.2 Å². The van der Waals surface area contributed by atoms with Crippen LogP contribution in [-0.2, 0) is 20.6 Å². The van der Waals surface area contributed by atoms with E-state index in [1.165, 1.54) is 35.2 Å². The Labute approximate surface area is 150 Å². The second-order valence-electron chi connectivity index (χ2n) is 6.23. The molecule has 1 unspecified atom stereocenters. The van der Waals surface area contributed by atoms with E-state index in [2.05, 4.69) is 4.72 Å². The van der Waals surface area contributed by atoms with Gasteiger partial charge in [0, 0.05) is 17.8 Å². The number of halogens is 2. The zero-order valence-corrected chi connectivity index (χ0v) is 14.9. The van der Waals surface area contributed by atoms with E-state index in [1.54, 1.807) is 19.1 Å². The molecule has 1 heterocycles. The van der Waals surface area contributed by atoms with Gasteiger partial charge in [-0.05, 0) is 43.2 Å². The molecule has 3 rings (SSSR count). The molecule has 1 amide bonds. The van der Waals surface area contributed by atoms with Gasteiger partial charge < -0.3 is 4.90 Å². The maximum Gasteiger partial charge on any atom is 0.245 e. The summed E-state index contributed by atoms with van der Waals surface area (Å²) in [5.74, 6) is -1.94. The summed E-state index contributed by atoms with van der Waals surface area (Å²) in [6, 6.07) is 8.98. The zero-order valence-electron chi connectivity index (χ0n) is 14.1. The highest BCUT2D eigenvalue weighted by atomic mass is 32.2. The normalized spacial score (nSPS) is 17.7. The molecule has 8 heteroatoms. The molecular weight excluding hydrogens is 362 g/mol. The molecule has 0 aromatic heterocycles. The summed E-state index contributed by atoms with van der Waals surface area (Å²) in [5.41, 5.74) is 0.958. The molecule has 26 heavy (non-hydrogen) atoms. The maximum atomic E-state index is 13.7. The van der Waals surface area contributed by atoms with Crippen molar-refractivity contribution in [1.29, 1.82) is 0 Å². The lowest BCUT2D eigenvalue weighted by Crippen LogP contribution is -2.42. The summed E-state index contributed by atoms with van der Waals surface area (Å²) in [5, 5.41) is 0. The quantitative estimate of drug-likeness (QED) is 0.867. The van der Waals surface area contributed by atoms with Gasteiger partial charge in [-0.3, -0.25) is 4.79 Å². The van der Waals surface area contributed by atoms with Gasteiger partial charge in [-0.2, -0.15) is 0 Å². The molecule has 1 aliphatic rings. The fourth-order valence-corrected chi connectivity index (χ4v) is 4.30. The van der Waals surface area contributed by atoms with Crippen LogP contribution in [0.1, 0.15) is 17.5 Å². The number of rotatable bonds is 5. The first-order chi connectivity index (χ1) is 12.3. The maximum absolute atomic E-state index is 13.7. The van der Waals surface area contributed by atoms with Crippen LogP contribution in [0, 0.1) is 18.6 Å². The third-order valence-corrected chi connectivity index (χ3v) is 5.62. The number of carbonyl (C=O) groups excluding carboxylic acids is 1. The number of amides is 1. The van der Waals surface area contributed by atoms with Gasteiger partial charge in [0.05, 0.1) is 5.75 Å². The van der Waals surface area contributed by atoms with Crippen LogP contribution in [-0.4, -0.2) is 26.9 Å². The lowest BCUT2D eigenvalue weighted by molar-refractivity contribution is -0.118. The van der Waals surface area contributed by atoms with Gasteiger partial charge in [0.1, 0.15) is 17.7 Å². The van der Waals surface area contributed by atoms with Crippen molar-refractivity contribution >= 4 is 21.6 Å². The predicted molar refractivity (Wildman–Crippen MR) is 94.1 cm³/mol. The second kappa shape index (κ2) is 7.13. The number of carbonyl (C=O) groups is 1. The van der Waals surface area contributed by atoms with E-state index in [0.29, 0.717) is 17.8 Å². The van der Waals surface area contributed by atoms with E-state index in [0.717, 1.165) is 0 Å². The third kappa shape index (κ3) is 3.91. The van der Waals surface area contributed by atoms with Crippen molar-refractivity contribution in [3.63, 3.8) is 0 Å². The van der Waals surface area contributed by atoms with Gasteiger partial charge >= 0.3 is 0 Å². The molecule has 0 radical (unpaired) electrons. The van der Waals surface area contributed by atoms with Crippen LogP contribution in [0.15, 0.2) is 42.5 Å². The van der Waals surface area contributed by atoms with Gasteiger partial charge in [-0.25, -0.2) is 21.9 Å². The standard InChI is InChI=1S/C18H18F2N2O3S/c1-12-10-14(6-7-15(12)19)22-9-8-17(18(22)23)21-26(24,25)11-13-4-2-3-5-16(13)20/h2-7,10,17,21H,8-9,11H2,1H3. The van der Waals surface area contributed by atoms with Gasteiger partial charge in [0.25, 0.3) is 0 Å². The van der Waals surface area contributed by atoms with Crippen LogP contribution in [0.2, 0.25) is 0 Å². The number of hydrogen-bond donors (Lipinski definition) is 1. The zero-order chi connectivity index (χ0) is 18.9. The molecule has 0 aliphatic carbocycles. The van der Waals surface area contributed by atoms with E-state index in [9.17, 15) is 22.0 Å². The van der Waals surface area contributed by atoms with E-state index >= 15 is 0 Å². The molecule has 0 bridgehead atoms. The molecule has 1 N–H and O–H groups in total. The monoisotopic (exact) mass is 380 g/mol. The van der Waals surface area contributed by atoms with Crippen LogP contribution < -0.4 is 9.62 Å². The first-order valence-electron chi connectivity index (χ1n) is 8.08. The van der Waals surface area contributed by atoms with Crippen molar-refractivity contribution in [2.45, 2.75) is 25.1 Å². The Hall–Kier alpha value is -2.32. The average Bonchev–Trinajstić information content (AvgIpc) is 2.92. The SMILES string of the molecule is Cc1cc(N2CCC(NS(=O)(=O)Cc3ccccc3F)C2=O)ccc1F. The van der Waals surface area contributed by atoms with Crippen molar-refractivity contribution < 1.29 is 22.0 Å². The largest absolute Gasteiger partial charge is 0.311 e. The summed E-state index contributed by atoms with van der Waals surface area (Å²) in [7, 11) is -3.89. The molecule has 5 nitrogen and oxygen atoms in total. The Morgan fingerprint density at radius 1 is 1.15 bits per heavy atom. The number of anilines is 1. The highest BCUT2D eigenvalue weighted by molar-refractivity contribution is 7.88. The molecule has 1 fully saturated rings. The lowest BCUT2D eigenvalue weighted by atomic mass is 10.2. The molecule has 2 aromatic rings. The Balaban J connectivity index is 1.72. The van der Waals surface area contributed by atoms with Crippen LogP contribution in [0.3, 0.4) is 0 Å². The van der Waals surface area contributed by atoms with Gasteiger partial charge in [0.2, 0.25) is 15.9 Å². The van der Waals surface area contributed by atoms with Crippen LogP contribution in [0.25, 0.3) is 0 Å². The van der Waals surface area contributed by atoms with E-state index in [1.807, 2.05) is 0 Å². The minimum absolute atomic E-state index is 0.0384. The van der Waals surface area contributed by atoms with E-state index in [4.69, 9.17) is 0 Å². The van der Waals surface area contributed by atoms with Gasteiger partial charge in [-0.1, -0.05) is 18.2 Å². The topological polar surface area (TPSA) is 66.5 Å². The van der Waals surface area contributed by atoms with Gasteiger partial charge in [0.15, 0.2) is 0 Å². The van der Waals surface area contributed by atoms with E-state index < -0.39 is 33.5 Å². The summed E-state index contributed by atoms with van der Waals surface area (Å²) in [6.45, 7) is 1.91. The molecule has 1 atom stereocenters. The fraction of sp³-hybridized carbons (Fsp3) is 0.278. The lowest BCUT2D eigenvalue weighted by Gasteiger charge is -2.18. The number of aryl methyl sites for hydroxylation is 1. The van der Waals surface area contributed by atoms with Crippen molar-refractivity contribution in [2.24, 2.45) is 0 Å². The second-order valence-corrected chi connectivity index (χ2v) is 7.99. The average molecular weight is 380 g/mol. The van der Waals surface area contributed by atoms with Crippen molar-refractivity contribution in [2.75, 3.05) is 11.4 Å². The first-order valence-corrected chi connectivity index (χ1v) is 9.73. The van der Waals surface area contributed by atoms with Crippen LogP contribution in [0.5, 0.6) is 0 Å². The predicted octanol–water partition coefficient (Wildman–Crippen LogP) is 2.50. The van der Waals surface area contributed by atoms with Crippen molar-refractivity contribution in [3.8, 4) is 0 Å². The summed E-state index contributed by atoms with van der Waals surface area (Å²) in [4.78, 5) is 13.9. The van der Waals surface area contributed by atoms with Gasteiger partial charge in [-0.15, -0.1) is 0 Å². The molecule has 0 saturated carbocycles. The molecular formula is C18H18F2N2O3S. The first kappa shape index (κ1) is 18.5. The number of sulfonamides is 1. The summed E-state index contributed by atoms with van der Waals surface area (Å²) in [6.07, 6.45) is 0.283. The Bertz CT molecular complexity index is 947. The summed E-state index contributed by atoms with van der Waals surface area (Å²) < 4.78 is 54.0. The van der Waals surface area contributed by atoms with Crippen molar-refractivity contribution in [1.82, 2.24) is 4.72 Å².